The molecule has 2 N–H and O–H groups in total. The fraction of sp³-hybridized carbons (Fsp3) is 0.400. The molecule has 2 rings (SSSR count). The molecule has 0 saturated heterocycles. The average Bonchev–Trinajstić information content (AvgIpc) is 3.15. The van der Waals surface area contributed by atoms with Gasteiger partial charge in [0.1, 0.15) is 6.54 Å². The van der Waals surface area contributed by atoms with Crippen LogP contribution in [0.1, 0.15) is 36.0 Å². The van der Waals surface area contributed by atoms with Gasteiger partial charge in [-0.25, -0.2) is 0 Å². The van der Waals surface area contributed by atoms with Gasteiger partial charge in [0.15, 0.2) is 6.54 Å². The number of likely N-dealkylation sites (N-methyl/N-ethyl adjacent to an activating group) is 1. The van der Waals surface area contributed by atoms with Crippen molar-refractivity contribution in [1.82, 2.24) is 4.90 Å². The van der Waals surface area contributed by atoms with Crippen LogP contribution in [0.2, 0.25) is 0 Å². The van der Waals surface area contributed by atoms with Gasteiger partial charge in [0.05, 0.1) is 11.4 Å². The van der Waals surface area contributed by atoms with Crippen molar-refractivity contribution in [2.24, 2.45) is 0 Å². The molecule has 0 radical (unpaired) electrons. The van der Waals surface area contributed by atoms with Crippen LogP contribution >= 0.6 is 11.3 Å². The molecule has 0 saturated carbocycles. The van der Waals surface area contributed by atoms with Gasteiger partial charge < -0.3 is 15.1 Å². The highest BCUT2D eigenvalue weighted by Crippen LogP contribution is 2.11. The predicted octanol–water partition coefficient (Wildman–Crippen LogP) is 2.27. The zero-order valence-electron chi connectivity index (χ0n) is 15.7. The molecule has 1 atom stereocenters. The molecule has 26 heavy (non-hydrogen) atoms. The Kier molecular flexibility index (Phi) is 7.81. The zero-order chi connectivity index (χ0) is 18.9. The number of amides is 2. The van der Waals surface area contributed by atoms with E-state index in [1.807, 2.05) is 19.9 Å². The summed E-state index contributed by atoms with van der Waals surface area (Å²) >= 11 is 1.72. The van der Waals surface area contributed by atoms with E-state index in [2.05, 4.69) is 23.7 Å². The monoisotopic (exact) mass is 374 g/mol. The highest BCUT2D eigenvalue weighted by atomic mass is 32.1. The van der Waals surface area contributed by atoms with Crippen LogP contribution in [0.3, 0.4) is 0 Å². The molecule has 140 valence electrons. The number of anilines is 1. The van der Waals surface area contributed by atoms with E-state index >= 15 is 0 Å². The van der Waals surface area contributed by atoms with E-state index in [1.54, 1.807) is 40.5 Å². The molecule has 0 bridgehead atoms. The SMILES string of the molecule is CCN(CC)C(=O)c1ccc(NC(=O)C[NH+](CC)Cc2cccs2)cc1. The molecule has 1 aromatic heterocycles. The van der Waals surface area contributed by atoms with Gasteiger partial charge in [0, 0.05) is 24.3 Å². The first-order valence-corrected chi connectivity index (χ1v) is 10.00. The van der Waals surface area contributed by atoms with E-state index in [1.165, 1.54) is 9.78 Å². The maximum atomic E-state index is 12.3. The summed E-state index contributed by atoms with van der Waals surface area (Å²) in [7, 11) is 0. The van der Waals surface area contributed by atoms with Crippen molar-refractivity contribution in [2.75, 3.05) is 31.5 Å². The topological polar surface area (TPSA) is 53.9 Å². The smallest absolute Gasteiger partial charge is 0.279 e. The molecule has 0 fully saturated rings. The summed E-state index contributed by atoms with van der Waals surface area (Å²) in [5, 5.41) is 4.99. The summed E-state index contributed by atoms with van der Waals surface area (Å²) in [4.78, 5) is 28.9. The fourth-order valence-electron chi connectivity index (χ4n) is 2.79. The Morgan fingerprint density at radius 1 is 1.08 bits per heavy atom. The summed E-state index contributed by atoms with van der Waals surface area (Å²) in [6.07, 6.45) is 0. The van der Waals surface area contributed by atoms with Crippen LogP contribution in [0, 0.1) is 0 Å². The van der Waals surface area contributed by atoms with Crippen molar-refractivity contribution in [3.8, 4) is 0 Å². The Labute approximate surface area is 159 Å². The number of carbonyl (C=O) groups excluding carboxylic acids is 2. The number of nitrogens with one attached hydrogen (secondary N) is 2. The van der Waals surface area contributed by atoms with Crippen molar-refractivity contribution in [3.05, 3.63) is 52.2 Å². The first-order chi connectivity index (χ1) is 12.6. The van der Waals surface area contributed by atoms with Gasteiger partial charge in [-0.05, 0) is 56.5 Å². The van der Waals surface area contributed by atoms with Crippen molar-refractivity contribution in [1.29, 1.82) is 0 Å². The molecule has 2 aromatic rings. The number of quaternary nitrogens is 1. The molecular formula is C20H28N3O2S+. The first kappa shape index (κ1) is 20.1. The van der Waals surface area contributed by atoms with Gasteiger partial charge >= 0.3 is 0 Å². The van der Waals surface area contributed by atoms with Gasteiger partial charge in [0.2, 0.25) is 0 Å². The second kappa shape index (κ2) is 10.1. The highest BCUT2D eigenvalue weighted by Gasteiger charge is 2.15. The second-order valence-corrected chi connectivity index (χ2v) is 7.17. The number of thiophene rings is 1. The van der Waals surface area contributed by atoms with E-state index in [0.29, 0.717) is 25.2 Å². The Balaban J connectivity index is 1.91. The number of carbonyl (C=O) groups is 2. The van der Waals surface area contributed by atoms with Crippen LogP contribution in [0.15, 0.2) is 41.8 Å². The Morgan fingerprint density at radius 3 is 2.31 bits per heavy atom. The van der Waals surface area contributed by atoms with Gasteiger partial charge in [-0.3, -0.25) is 9.59 Å². The number of hydrogen-bond acceptors (Lipinski definition) is 3. The summed E-state index contributed by atoms with van der Waals surface area (Å²) in [6, 6.07) is 11.3. The number of hydrogen-bond donors (Lipinski definition) is 2. The lowest BCUT2D eigenvalue weighted by Crippen LogP contribution is -3.11. The van der Waals surface area contributed by atoms with Crippen LogP contribution in [0.5, 0.6) is 0 Å². The predicted molar refractivity (Wildman–Crippen MR) is 107 cm³/mol. The molecular weight excluding hydrogens is 346 g/mol. The Hall–Kier alpha value is -2.18. The molecule has 6 heteroatoms. The third-order valence-electron chi connectivity index (χ3n) is 4.38. The molecule has 1 aromatic carbocycles. The zero-order valence-corrected chi connectivity index (χ0v) is 16.6. The van der Waals surface area contributed by atoms with E-state index < -0.39 is 0 Å². The average molecular weight is 375 g/mol. The minimum Gasteiger partial charge on any atom is -0.339 e. The summed E-state index contributed by atoms with van der Waals surface area (Å²) in [5.74, 6) is 0.00616. The largest absolute Gasteiger partial charge is 0.339 e. The summed E-state index contributed by atoms with van der Waals surface area (Å²) in [5.41, 5.74) is 1.36. The van der Waals surface area contributed by atoms with E-state index in [9.17, 15) is 9.59 Å². The Bertz CT molecular complexity index is 694. The van der Waals surface area contributed by atoms with E-state index in [-0.39, 0.29) is 11.8 Å². The quantitative estimate of drug-likeness (QED) is 0.707. The van der Waals surface area contributed by atoms with Crippen LogP contribution in [0.4, 0.5) is 5.69 Å². The van der Waals surface area contributed by atoms with Crippen molar-refractivity contribution < 1.29 is 14.5 Å². The molecule has 5 nitrogen and oxygen atoms in total. The van der Waals surface area contributed by atoms with Crippen LogP contribution < -0.4 is 10.2 Å². The van der Waals surface area contributed by atoms with Crippen LogP contribution in [-0.2, 0) is 11.3 Å². The molecule has 0 aliphatic carbocycles. The van der Waals surface area contributed by atoms with Crippen LogP contribution in [-0.4, -0.2) is 42.9 Å². The standard InChI is InChI=1S/C20H27N3O2S/c1-4-22(14-18-8-7-13-26-18)15-19(24)21-17-11-9-16(10-12-17)20(25)23(5-2)6-3/h7-13H,4-6,14-15H2,1-3H3,(H,21,24)/p+1. The number of nitrogens with zero attached hydrogens (tertiary/aromatic N) is 1. The van der Waals surface area contributed by atoms with E-state index in [4.69, 9.17) is 0 Å². The van der Waals surface area contributed by atoms with Crippen LogP contribution in [0.25, 0.3) is 0 Å². The molecule has 0 aliphatic rings. The molecule has 1 unspecified atom stereocenters. The lowest BCUT2D eigenvalue weighted by molar-refractivity contribution is -0.903. The minimum atomic E-state index is -0.0128. The molecule has 2 amide bonds. The summed E-state index contributed by atoms with van der Waals surface area (Å²) < 4.78 is 0. The molecule has 0 spiro atoms. The van der Waals surface area contributed by atoms with Crippen molar-refractivity contribution in [2.45, 2.75) is 27.3 Å². The maximum Gasteiger partial charge on any atom is 0.279 e. The lowest BCUT2D eigenvalue weighted by Gasteiger charge is -2.19. The first-order valence-electron chi connectivity index (χ1n) is 9.12. The minimum absolute atomic E-state index is 0.0128. The number of benzene rings is 1. The lowest BCUT2D eigenvalue weighted by atomic mass is 10.1. The van der Waals surface area contributed by atoms with E-state index in [0.717, 1.165) is 18.8 Å². The third kappa shape index (κ3) is 5.68. The van der Waals surface area contributed by atoms with Crippen molar-refractivity contribution in [3.63, 3.8) is 0 Å². The van der Waals surface area contributed by atoms with Gasteiger partial charge in [-0.1, -0.05) is 6.07 Å². The Morgan fingerprint density at radius 2 is 1.77 bits per heavy atom. The molecule has 1 heterocycles. The van der Waals surface area contributed by atoms with Gasteiger partial charge in [-0.2, -0.15) is 0 Å². The van der Waals surface area contributed by atoms with Crippen molar-refractivity contribution >= 4 is 28.8 Å². The normalized spacial score (nSPS) is 11.8. The van der Waals surface area contributed by atoms with Gasteiger partial charge in [0.25, 0.3) is 11.8 Å². The summed E-state index contributed by atoms with van der Waals surface area (Å²) in [6.45, 7) is 9.57. The molecule has 0 aliphatic heterocycles. The second-order valence-electron chi connectivity index (χ2n) is 6.14. The number of rotatable bonds is 9. The maximum absolute atomic E-state index is 12.3. The van der Waals surface area contributed by atoms with Gasteiger partial charge in [-0.15, -0.1) is 11.3 Å². The third-order valence-corrected chi connectivity index (χ3v) is 5.26. The fourth-order valence-corrected chi connectivity index (χ4v) is 3.57. The highest BCUT2D eigenvalue weighted by molar-refractivity contribution is 7.09.